The maximum Gasteiger partial charge on any atom is 0.119 e. The predicted octanol–water partition coefficient (Wildman–Crippen LogP) is 3.48. The Morgan fingerprint density at radius 3 is 2.29 bits per heavy atom. The lowest BCUT2D eigenvalue weighted by Crippen LogP contribution is -2.23. The van der Waals surface area contributed by atoms with Crippen LogP contribution in [0, 0.1) is 5.41 Å². The molecule has 2 rings (SSSR count). The van der Waals surface area contributed by atoms with Crippen LogP contribution in [0.2, 0.25) is 0 Å². The summed E-state index contributed by atoms with van der Waals surface area (Å²) in [5.74, 6) is 0.872. The monoisotopic (exact) mass is 234 g/mol. The molecule has 1 aliphatic rings. The van der Waals surface area contributed by atoms with E-state index < -0.39 is 5.60 Å². The lowest BCUT2D eigenvalue weighted by atomic mass is 9.86. The largest absolute Gasteiger partial charge is 0.494 e. The minimum Gasteiger partial charge on any atom is -0.494 e. The molecule has 1 aromatic rings. The van der Waals surface area contributed by atoms with Crippen LogP contribution < -0.4 is 4.74 Å². The summed E-state index contributed by atoms with van der Waals surface area (Å²) in [6, 6.07) is 7.88. The van der Waals surface area contributed by atoms with E-state index in [-0.39, 0.29) is 5.41 Å². The van der Waals surface area contributed by atoms with Crippen molar-refractivity contribution in [1.29, 1.82) is 0 Å². The highest BCUT2D eigenvalue weighted by Crippen LogP contribution is 2.48. The van der Waals surface area contributed by atoms with Crippen LogP contribution in [-0.4, -0.2) is 11.7 Å². The minimum absolute atomic E-state index is 0.243. The van der Waals surface area contributed by atoms with Crippen molar-refractivity contribution in [3.63, 3.8) is 0 Å². The van der Waals surface area contributed by atoms with E-state index in [1.54, 1.807) is 0 Å². The summed E-state index contributed by atoms with van der Waals surface area (Å²) >= 11 is 0. The number of hydrogen-bond acceptors (Lipinski definition) is 2. The third kappa shape index (κ3) is 2.63. The zero-order valence-electron chi connectivity index (χ0n) is 11.0. The van der Waals surface area contributed by atoms with Crippen molar-refractivity contribution in [2.75, 3.05) is 6.61 Å². The van der Waals surface area contributed by atoms with Crippen molar-refractivity contribution >= 4 is 0 Å². The number of ether oxygens (including phenoxy) is 1. The van der Waals surface area contributed by atoms with Crippen LogP contribution >= 0.6 is 0 Å². The van der Waals surface area contributed by atoms with Gasteiger partial charge in [-0.15, -0.1) is 0 Å². The van der Waals surface area contributed by atoms with Gasteiger partial charge in [-0.3, -0.25) is 0 Å². The van der Waals surface area contributed by atoms with Crippen molar-refractivity contribution in [3.8, 4) is 5.75 Å². The van der Waals surface area contributed by atoms with E-state index in [1.165, 1.54) is 0 Å². The number of rotatable bonds is 3. The molecule has 0 saturated heterocycles. The summed E-state index contributed by atoms with van der Waals surface area (Å²) in [7, 11) is 0. The predicted molar refractivity (Wildman–Crippen MR) is 69.1 cm³/mol. The second kappa shape index (κ2) is 4.34. The first-order valence-electron chi connectivity index (χ1n) is 6.41. The Balaban J connectivity index is 2.17. The van der Waals surface area contributed by atoms with Gasteiger partial charge in [0.15, 0.2) is 0 Å². The quantitative estimate of drug-likeness (QED) is 0.867. The SMILES string of the molecule is CCOc1ccc(C2(O)CCC(C)(C)C2)cc1. The fourth-order valence-corrected chi connectivity index (χ4v) is 2.79. The average molecular weight is 234 g/mol. The molecule has 0 aliphatic heterocycles. The molecule has 1 aromatic carbocycles. The summed E-state index contributed by atoms with van der Waals surface area (Å²) < 4.78 is 5.42. The van der Waals surface area contributed by atoms with Crippen molar-refractivity contribution < 1.29 is 9.84 Å². The molecule has 0 amide bonds. The smallest absolute Gasteiger partial charge is 0.119 e. The molecule has 0 spiro atoms. The summed E-state index contributed by atoms with van der Waals surface area (Å²) in [5.41, 5.74) is 0.619. The Kier molecular flexibility index (Phi) is 3.17. The summed E-state index contributed by atoms with van der Waals surface area (Å²) in [6.45, 7) is 7.09. The van der Waals surface area contributed by atoms with Crippen LogP contribution in [0.3, 0.4) is 0 Å². The Hall–Kier alpha value is -1.02. The number of benzene rings is 1. The fraction of sp³-hybridized carbons (Fsp3) is 0.600. The molecule has 0 bridgehead atoms. The molecule has 1 fully saturated rings. The van der Waals surface area contributed by atoms with E-state index in [9.17, 15) is 5.11 Å². The maximum absolute atomic E-state index is 10.7. The van der Waals surface area contributed by atoms with E-state index in [0.717, 1.165) is 30.6 Å². The topological polar surface area (TPSA) is 29.5 Å². The van der Waals surface area contributed by atoms with Crippen LogP contribution in [-0.2, 0) is 5.60 Å². The lowest BCUT2D eigenvalue weighted by Gasteiger charge is -2.25. The third-order valence-electron chi connectivity index (χ3n) is 3.69. The first-order valence-corrected chi connectivity index (χ1v) is 6.41. The summed E-state index contributed by atoms with van der Waals surface area (Å²) in [6.07, 6.45) is 2.78. The first-order chi connectivity index (χ1) is 7.95. The molecule has 1 unspecified atom stereocenters. The van der Waals surface area contributed by atoms with Gasteiger partial charge in [-0.1, -0.05) is 26.0 Å². The van der Waals surface area contributed by atoms with Crippen LogP contribution in [0.1, 0.15) is 45.6 Å². The standard InChI is InChI=1S/C15H22O2/c1-4-17-13-7-5-12(6-8-13)15(16)10-9-14(2,3)11-15/h5-8,16H,4,9-11H2,1-3H3. The van der Waals surface area contributed by atoms with E-state index in [0.29, 0.717) is 6.61 Å². The average Bonchev–Trinajstić information content (AvgIpc) is 2.56. The highest BCUT2D eigenvalue weighted by molar-refractivity contribution is 5.31. The molecular formula is C15H22O2. The molecule has 2 heteroatoms. The molecule has 17 heavy (non-hydrogen) atoms. The Morgan fingerprint density at radius 1 is 1.18 bits per heavy atom. The molecule has 94 valence electrons. The van der Waals surface area contributed by atoms with Gasteiger partial charge in [0.25, 0.3) is 0 Å². The third-order valence-corrected chi connectivity index (χ3v) is 3.69. The molecule has 1 atom stereocenters. The Labute approximate surface area is 104 Å². The van der Waals surface area contributed by atoms with Gasteiger partial charge in [0.1, 0.15) is 5.75 Å². The molecule has 0 aromatic heterocycles. The number of hydrogen-bond donors (Lipinski definition) is 1. The fourth-order valence-electron chi connectivity index (χ4n) is 2.79. The van der Waals surface area contributed by atoms with Gasteiger partial charge >= 0.3 is 0 Å². The molecule has 1 aliphatic carbocycles. The van der Waals surface area contributed by atoms with E-state index >= 15 is 0 Å². The van der Waals surface area contributed by atoms with Crippen LogP contribution in [0.4, 0.5) is 0 Å². The zero-order chi connectivity index (χ0) is 12.5. The normalized spacial score (nSPS) is 27.1. The van der Waals surface area contributed by atoms with Crippen molar-refractivity contribution in [2.45, 2.75) is 45.6 Å². The van der Waals surface area contributed by atoms with Gasteiger partial charge in [0, 0.05) is 0 Å². The van der Waals surface area contributed by atoms with Gasteiger partial charge in [-0.2, -0.15) is 0 Å². The van der Waals surface area contributed by atoms with Crippen LogP contribution in [0.25, 0.3) is 0 Å². The van der Waals surface area contributed by atoms with Crippen molar-refractivity contribution in [2.24, 2.45) is 5.41 Å². The maximum atomic E-state index is 10.7. The highest BCUT2D eigenvalue weighted by Gasteiger charge is 2.42. The summed E-state index contributed by atoms with van der Waals surface area (Å²) in [4.78, 5) is 0. The van der Waals surface area contributed by atoms with E-state index in [4.69, 9.17) is 4.74 Å². The summed E-state index contributed by atoms with van der Waals surface area (Å²) in [5, 5.41) is 10.7. The van der Waals surface area contributed by atoms with Crippen LogP contribution in [0.15, 0.2) is 24.3 Å². The van der Waals surface area contributed by atoms with Gasteiger partial charge in [-0.25, -0.2) is 0 Å². The Morgan fingerprint density at radius 2 is 1.82 bits per heavy atom. The van der Waals surface area contributed by atoms with E-state index in [1.807, 2.05) is 31.2 Å². The molecule has 1 saturated carbocycles. The zero-order valence-corrected chi connectivity index (χ0v) is 11.0. The number of aliphatic hydroxyl groups is 1. The first kappa shape index (κ1) is 12.4. The van der Waals surface area contributed by atoms with Gasteiger partial charge in [0.2, 0.25) is 0 Å². The molecule has 1 N–H and O–H groups in total. The second-order valence-corrected chi connectivity index (χ2v) is 5.83. The van der Waals surface area contributed by atoms with Gasteiger partial charge in [0.05, 0.1) is 12.2 Å². The van der Waals surface area contributed by atoms with Crippen LogP contribution in [0.5, 0.6) is 5.75 Å². The highest BCUT2D eigenvalue weighted by atomic mass is 16.5. The molecule has 2 nitrogen and oxygen atoms in total. The minimum atomic E-state index is -0.645. The molecule has 0 heterocycles. The van der Waals surface area contributed by atoms with E-state index in [2.05, 4.69) is 13.8 Å². The van der Waals surface area contributed by atoms with Gasteiger partial charge < -0.3 is 9.84 Å². The molecule has 0 radical (unpaired) electrons. The Bertz CT molecular complexity index is 380. The van der Waals surface area contributed by atoms with Crippen molar-refractivity contribution in [1.82, 2.24) is 0 Å². The molecular weight excluding hydrogens is 212 g/mol. The van der Waals surface area contributed by atoms with Gasteiger partial charge in [-0.05, 0) is 49.3 Å². The second-order valence-electron chi connectivity index (χ2n) is 5.83. The van der Waals surface area contributed by atoms with Crippen molar-refractivity contribution in [3.05, 3.63) is 29.8 Å². The lowest BCUT2D eigenvalue weighted by molar-refractivity contribution is 0.0338.